The number of rotatable bonds is 4. The van der Waals surface area contributed by atoms with Gasteiger partial charge in [0, 0.05) is 126 Å². The van der Waals surface area contributed by atoms with E-state index < -0.39 is 11.9 Å². The summed E-state index contributed by atoms with van der Waals surface area (Å²) in [6, 6.07) is 0. The largest absolute Gasteiger partial charge is 0.481 e. The molecule has 0 fully saturated rings. The number of halogens is 2. The van der Waals surface area contributed by atoms with Crippen LogP contribution in [0.1, 0.15) is 180 Å². The second-order valence-corrected chi connectivity index (χ2v) is 3.56. The van der Waals surface area contributed by atoms with Gasteiger partial charge in [-0.3, -0.25) is 9.59 Å². The second kappa shape index (κ2) is 232. The number of hydrogen-bond acceptors (Lipinski definition) is 2. The topological polar surface area (TPSA) is 74.6 Å². The molecule has 36 heavy (non-hydrogen) atoms. The molecule has 0 saturated carbocycles. The number of hydrogen-bond donors (Lipinski definition) is 2. The molecule has 0 aromatic carbocycles. The van der Waals surface area contributed by atoms with Gasteiger partial charge >= 0.3 is 11.9 Å². The third kappa shape index (κ3) is 599. The third-order valence-electron chi connectivity index (χ3n) is 1.31. The summed E-state index contributed by atoms with van der Waals surface area (Å²) in [6.45, 7) is 27.9. The van der Waals surface area contributed by atoms with Crippen molar-refractivity contribution in [1.82, 2.24) is 0 Å². The van der Waals surface area contributed by atoms with Crippen LogP contribution in [0.4, 0.5) is 0 Å². The van der Waals surface area contributed by atoms with E-state index in [4.69, 9.17) is 10.2 Å². The van der Waals surface area contributed by atoms with Crippen LogP contribution in [-0.2, 0) is 9.59 Å². The minimum atomic E-state index is -0.745. The third-order valence-corrected chi connectivity index (χ3v) is 1.31. The zero-order valence-corrected chi connectivity index (χ0v) is 28.1. The van der Waals surface area contributed by atoms with Crippen molar-refractivity contribution in [2.75, 3.05) is 0 Å². The zero-order chi connectivity index (χ0) is 25.4. The minimum absolute atomic E-state index is 0. The van der Waals surface area contributed by atoms with E-state index in [0.717, 1.165) is 0 Å². The van der Waals surface area contributed by atoms with E-state index in [-0.39, 0.29) is 133 Å². The first kappa shape index (κ1) is 116. The Labute approximate surface area is 319 Å². The van der Waals surface area contributed by atoms with Crippen molar-refractivity contribution in [2.45, 2.75) is 180 Å². The first-order chi connectivity index (χ1) is 13.4. The summed E-state index contributed by atoms with van der Waals surface area (Å²) < 4.78 is 0. The van der Waals surface area contributed by atoms with Gasteiger partial charge in [-0.2, -0.15) is 0 Å². The summed E-state index contributed by atoms with van der Waals surface area (Å²) in [5, 5.41) is 15.4. The van der Waals surface area contributed by atoms with Crippen molar-refractivity contribution in [3.63, 3.8) is 0 Å². The summed E-state index contributed by atoms with van der Waals surface area (Å²) in [5.41, 5.74) is 0. The van der Waals surface area contributed by atoms with Crippen molar-refractivity contribution in [3.05, 3.63) is 0 Å². The number of carboxylic acids is 2. The molecule has 0 aliphatic heterocycles. The summed E-state index contributed by atoms with van der Waals surface area (Å²) >= 11 is 4.24. The Kier molecular flexibility index (Phi) is 751. The van der Waals surface area contributed by atoms with Gasteiger partial charge in [-0.05, 0) is 0 Å². The molecule has 0 radical (unpaired) electrons. The van der Waals surface area contributed by atoms with E-state index in [1.165, 1.54) is 25.7 Å². The number of carboxylic acid groups (broad SMARTS) is 2. The Hall–Kier alpha value is 2.92. The van der Waals surface area contributed by atoms with Gasteiger partial charge in [0.05, 0.1) is 0 Å². The molecule has 0 heterocycles. The van der Waals surface area contributed by atoms with Crippen LogP contribution in [-0.4, -0.2) is 22.2 Å². The molecule has 0 unspecified atom stereocenters. The Morgan fingerprint density at radius 3 is 0.583 bits per heavy atom. The van der Waals surface area contributed by atoms with Gasteiger partial charge in [-0.1, -0.05) is 167 Å². The Bertz CT molecular complexity index is 166. The fraction of sp³-hybridized carbons (Fsp3) is 0.929. The van der Waals surface area contributed by atoms with Crippen LogP contribution < -0.4 is 0 Å². The monoisotopic (exact) mass is 814 g/mol. The van der Waals surface area contributed by atoms with Crippen molar-refractivity contribution < 1.29 is 95.3 Å². The average molecular weight is 815 g/mol. The Morgan fingerprint density at radius 2 is 0.583 bits per heavy atom. The number of unbranched alkanes of at least 4 members (excludes halogenated alkanes) is 2. The predicted octanol–water partition coefficient (Wildman–Crippen LogP) is 14.3. The van der Waals surface area contributed by atoms with Gasteiger partial charge in [0.15, 0.2) is 0 Å². The van der Waals surface area contributed by atoms with Crippen LogP contribution in [0.3, 0.4) is 0 Å². The molecule has 0 spiro atoms. The first-order valence-electron chi connectivity index (χ1n) is 10.9. The molecule has 8 heteroatoms. The smallest absolute Gasteiger partial charge is 0.303 e. The maximum Gasteiger partial charge on any atom is 0.303 e. The summed E-state index contributed by atoms with van der Waals surface area (Å²) in [4.78, 5) is 18.7. The van der Waals surface area contributed by atoms with Gasteiger partial charge in [-0.25, -0.2) is 0 Å². The quantitative estimate of drug-likeness (QED) is 0.277. The molecule has 246 valence electrons. The van der Waals surface area contributed by atoms with E-state index >= 15 is 0 Å². The van der Waals surface area contributed by atoms with Crippen LogP contribution in [0.15, 0.2) is 0 Å². The van der Waals surface area contributed by atoms with Crippen LogP contribution in [0.2, 0.25) is 0 Å². The molecule has 0 bridgehead atoms. The molecule has 4 nitrogen and oxygen atoms in total. The molecule has 0 atom stereocenters. The van der Waals surface area contributed by atoms with Crippen LogP contribution in [0.25, 0.3) is 0 Å². The SMILES string of the molecule is C.C.C.C.C.C.CC.CC.CC.CC.CCC.CCC(=O)O.CCC(=O)O.CCCCC.II.[Ar].[Ar]. The standard InChI is InChI=1S/C5H12.2C3H6O2.C3H8.4C2H6.6CH4.2Ar.I2/c1-3-5-4-2;2*1-2-3(4)5;1-3-2;4*1-2;;;;;;;;;1-2/h3-5H2,1-2H3;2*2H2,1H3,(H,4,5);3H2,1-2H3;4*1-2H3;6*1H4;;;. The molecule has 0 aromatic rings. The molecular weight excluding hydrogens is 734 g/mol. The number of aliphatic carboxylic acids is 2. The summed E-state index contributed by atoms with van der Waals surface area (Å²) in [6.07, 6.45) is 5.77. The van der Waals surface area contributed by atoms with Gasteiger partial charge in [0.25, 0.3) is 0 Å². The summed E-state index contributed by atoms with van der Waals surface area (Å²) in [7, 11) is 0. The van der Waals surface area contributed by atoms with Gasteiger partial charge in [0.1, 0.15) is 0 Å². The first-order valence-corrected chi connectivity index (χ1v) is 17.2. The molecule has 0 aromatic heterocycles. The molecule has 0 aliphatic carbocycles. The van der Waals surface area contributed by atoms with E-state index in [1.807, 2.05) is 55.4 Å². The fourth-order valence-electron chi connectivity index (χ4n) is 0.354. The van der Waals surface area contributed by atoms with E-state index in [9.17, 15) is 9.59 Å². The van der Waals surface area contributed by atoms with Crippen LogP contribution >= 0.6 is 37.2 Å². The van der Waals surface area contributed by atoms with Crippen LogP contribution in [0, 0.1) is 75.5 Å². The Morgan fingerprint density at radius 1 is 0.500 bits per heavy atom. The van der Waals surface area contributed by atoms with Crippen molar-refractivity contribution in [1.29, 1.82) is 0 Å². The molecule has 0 amide bonds. The second-order valence-electron chi connectivity index (χ2n) is 3.56. The zero-order valence-electron chi connectivity index (χ0n) is 22.4. The van der Waals surface area contributed by atoms with Crippen molar-refractivity contribution in [2.24, 2.45) is 0 Å². The molecule has 0 aliphatic rings. The fourth-order valence-corrected chi connectivity index (χ4v) is 0.354. The maximum atomic E-state index is 9.37. The van der Waals surface area contributed by atoms with E-state index in [0.29, 0.717) is 0 Å². The van der Waals surface area contributed by atoms with Crippen molar-refractivity contribution in [3.8, 4) is 0 Å². The molecule has 0 rings (SSSR count). The maximum absolute atomic E-state index is 9.37. The van der Waals surface area contributed by atoms with Gasteiger partial charge in [-0.15, -0.1) is 0 Å². The Balaban J connectivity index is -0.00000000753. The van der Waals surface area contributed by atoms with Crippen molar-refractivity contribution >= 4 is 49.2 Å². The minimum Gasteiger partial charge on any atom is -0.481 e. The average Bonchev–Trinajstić information content (AvgIpc) is 2.77. The van der Waals surface area contributed by atoms with Gasteiger partial charge in [0.2, 0.25) is 0 Å². The van der Waals surface area contributed by atoms with E-state index in [2.05, 4.69) is 64.9 Å². The molecule has 0 saturated heterocycles. The number of carbonyl (C=O) groups is 2. The normalized spacial score (nSPS) is 4.56. The van der Waals surface area contributed by atoms with E-state index in [1.54, 1.807) is 13.8 Å². The van der Waals surface area contributed by atoms with Gasteiger partial charge < -0.3 is 10.2 Å². The molecule has 2 N–H and O–H groups in total. The van der Waals surface area contributed by atoms with Crippen LogP contribution in [0.5, 0.6) is 0 Å². The summed E-state index contributed by atoms with van der Waals surface area (Å²) in [5.74, 6) is -1.49. The molecular formula is C28H80Ar2I2O4. The predicted molar refractivity (Wildman–Crippen MR) is 191 cm³/mol.